The van der Waals surface area contributed by atoms with Crippen molar-refractivity contribution >= 4 is 5.82 Å². The Morgan fingerprint density at radius 2 is 2.11 bits per heavy atom. The first-order valence-electron chi connectivity index (χ1n) is 6.43. The van der Waals surface area contributed by atoms with Gasteiger partial charge in [-0.1, -0.05) is 20.8 Å². The molecule has 6 nitrogen and oxygen atoms in total. The molecule has 2 aromatic heterocycles. The zero-order valence-corrected chi connectivity index (χ0v) is 11.8. The fourth-order valence-electron chi connectivity index (χ4n) is 1.94. The van der Waals surface area contributed by atoms with Crippen LogP contribution in [0.4, 0.5) is 5.82 Å². The molecule has 0 atom stereocenters. The van der Waals surface area contributed by atoms with Gasteiger partial charge < -0.3 is 5.43 Å². The van der Waals surface area contributed by atoms with E-state index in [0.29, 0.717) is 17.6 Å². The number of aromatic nitrogens is 4. The molecule has 0 bridgehead atoms. The number of hydrazine groups is 1. The second-order valence-corrected chi connectivity index (χ2v) is 4.82. The van der Waals surface area contributed by atoms with Crippen molar-refractivity contribution in [2.75, 3.05) is 5.43 Å². The maximum absolute atomic E-state index is 5.48. The van der Waals surface area contributed by atoms with Crippen molar-refractivity contribution in [1.82, 2.24) is 19.7 Å². The number of anilines is 1. The van der Waals surface area contributed by atoms with Crippen molar-refractivity contribution < 1.29 is 0 Å². The molecule has 0 spiro atoms. The third-order valence-corrected chi connectivity index (χ3v) is 2.97. The van der Waals surface area contributed by atoms with E-state index in [1.165, 1.54) is 0 Å². The van der Waals surface area contributed by atoms with Crippen LogP contribution >= 0.6 is 0 Å². The molecule has 0 aliphatic carbocycles. The highest BCUT2D eigenvalue weighted by molar-refractivity contribution is 5.59. The number of nitrogens with two attached hydrogens (primary N) is 1. The fourth-order valence-corrected chi connectivity index (χ4v) is 1.94. The minimum atomic E-state index is 0.315. The summed E-state index contributed by atoms with van der Waals surface area (Å²) in [4.78, 5) is 9.04. The maximum atomic E-state index is 5.48. The van der Waals surface area contributed by atoms with Crippen molar-refractivity contribution in [3.8, 4) is 11.4 Å². The molecule has 0 amide bonds. The summed E-state index contributed by atoms with van der Waals surface area (Å²) in [5.74, 6) is 7.09. The molecule has 2 rings (SSSR count). The normalized spacial score (nSPS) is 11.1. The summed E-state index contributed by atoms with van der Waals surface area (Å²) in [5, 5.41) is 4.42. The highest BCUT2D eigenvalue weighted by atomic mass is 15.3. The van der Waals surface area contributed by atoms with E-state index in [2.05, 4.69) is 41.3 Å². The number of rotatable bonds is 4. The van der Waals surface area contributed by atoms with E-state index < -0.39 is 0 Å². The molecule has 0 aliphatic rings. The van der Waals surface area contributed by atoms with Crippen LogP contribution in [0.5, 0.6) is 0 Å². The average Bonchev–Trinajstić information content (AvgIpc) is 2.79. The minimum Gasteiger partial charge on any atom is -0.308 e. The van der Waals surface area contributed by atoms with E-state index in [-0.39, 0.29) is 0 Å². The first kappa shape index (κ1) is 13.5. The maximum Gasteiger partial charge on any atom is 0.165 e. The van der Waals surface area contributed by atoms with Gasteiger partial charge in [0.1, 0.15) is 5.82 Å². The first-order chi connectivity index (χ1) is 9.05. The van der Waals surface area contributed by atoms with Crippen molar-refractivity contribution in [2.45, 2.75) is 33.1 Å². The highest BCUT2D eigenvalue weighted by Gasteiger charge is 2.14. The van der Waals surface area contributed by atoms with Crippen LogP contribution in [0.3, 0.4) is 0 Å². The Labute approximate surface area is 113 Å². The SMILES string of the molecule is CCc1nn(C)cc1-c1nc(NN)cc(C(C)C)n1. The second-order valence-electron chi connectivity index (χ2n) is 4.82. The number of nitrogens with one attached hydrogen (secondary N) is 1. The van der Waals surface area contributed by atoms with Gasteiger partial charge in [0, 0.05) is 25.0 Å². The number of hydrogen-bond donors (Lipinski definition) is 2. The molecular weight excluding hydrogens is 240 g/mol. The first-order valence-corrected chi connectivity index (χ1v) is 6.43. The van der Waals surface area contributed by atoms with Gasteiger partial charge in [-0.3, -0.25) is 4.68 Å². The van der Waals surface area contributed by atoms with Gasteiger partial charge in [0.25, 0.3) is 0 Å². The van der Waals surface area contributed by atoms with Crippen molar-refractivity contribution in [1.29, 1.82) is 0 Å². The van der Waals surface area contributed by atoms with Crippen LogP contribution < -0.4 is 11.3 Å². The Morgan fingerprint density at radius 3 is 2.68 bits per heavy atom. The monoisotopic (exact) mass is 260 g/mol. The summed E-state index contributed by atoms with van der Waals surface area (Å²) in [5.41, 5.74) is 5.51. The van der Waals surface area contributed by atoms with Crippen molar-refractivity contribution in [3.63, 3.8) is 0 Å². The molecule has 19 heavy (non-hydrogen) atoms. The average molecular weight is 260 g/mol. The number of nitrogens with zero attached hydrogens (tertiary/aromatic N) is 4. The van der Waals surface area contributed by atoms with Gasteiger partial charge in [-0.25, -0.2) is 15.8 Å². The van der Waals surface area contributed by atoms with E-state index in [0.717, 1.165) is 23.4 Å². The van der Waals surface area contributed by atoms with Crippen LogP contribution in [0.15, 0.2) is 12.3 Å². The largest absolute Gasteiger partial charge is 0.308 e. The molecule has 0 saturated carbocycles. The van der Waals surface area contributed by atoms with Crippen LogP contribution in [0.25, 0.3) is 11.4 Å². The lowest BCUT2D eigenvalue weighted by atomic mass is 10.1. The molecule has 0 aromatic carbocycles. The summed E-state index contributed by atoms with van der Waals surface area (Å²) in [7, 11) is 1.90. The van der Waals surface area contributed by atoms with Gasteiger partial charge in [0.05, 0.1) is 11.3 Å². The Morgan fingerprint density at radius 1 is 1.37 bits per heavy atom. The predicted octanol–water partition coefficient (Wildman–Crippen LogP) is 1.85. The van der Waals surface area contributed by atoms with Crippen LogP contribution in [-0.2, 0) is 13.5 Å². The lowest BCUT2D eigenvalue weighted by molar-refractivity contribution is 0.746. The summed E-state index contributed by atoms with van der Waals surface area (Å²) >= 11 is 0. The lowest BCUT2D eigenvalue weighted by Crippen LogP contribution is -2.11. The molecule has 0 saturated heterocycles. The lowest BCUT2D eigenvalue weighted by Gasteiger charge is -2.09. The molecule has 0 aliphatic heterocycles. The van der Waals surface area contributed by atoms with Gasteiger partial charge >= 0.3 is 0 Å². The smallest absolute Gasteiger partial charge is 0.165 e. The Balaban J connectivity index is 2.57. The second kappa shape index (κ2) is 5.36. The molecule has 3 N–H and O–H groups in total. The molecule has 2 aromatic rings. The third kappa shape index (κ3) is 2.73. The standard InChI is InChI=1S/C13H20N6/c1-5-10-9(7-19(4)18-10)13-15-11(8(2)3)6-12(16-13)17-14/h6-8H,5,14H2,1-4H3,(H,15,16,17). The van der Waals surface area contributed by atoms with E-state index in [9.17, 15) is 0 Å². The van der Waals surface area contributed by atoms with E-state index in [1.807, 2.05) is 19.3 Å². The Hall–Kier alpha value is -1.95. The van der Waals surface area contributed by atoms with Crippen molar-refractivity contribution in [3.05, 3.63) is 23.7 Å². The summed E-state index contributed by atoms with van der Waals surface area (Å²) < 4.78 is 1.79. The van der Waals surface area contributed by atoms with Crippen LogP contribution in [0.1, 0.15) is 38.1 Å². The van der Waals surface area contributed by atoms with E-state index in [4.69, 9.17) is 5.84 Å². The zero-order chi connectivity index (χ0) is 14.0. The third-order valence-electron chi connectivity index (χ3n) is 2.97. The quantitative estimate of drug-likeness (QED) is 0.647. The number of nitrogen functional groups attached to an aromatic ring is 1. The zero-order valence-electron chi connectivity index (χ0n) is 11.8. The fraction of sp³-hybridized carbons (Fsp3) is 0.462. The van der Waals surface area contributed by atoms with Crippen LogP contribution in [-0.4, -0.2) is 19.7 Å². The minimum absolute atomic E-state index is 0.315. The van der Waals surface area contributed by atoms with Gasteiger partial charge in [0.15, 0.2) is 5.82 Å². The van der Waals surface area contributed by atoms with Crippen LogP contribution in [0.2, 0.25) is 0 Å². The molecule has 0 fully saturated rings. The Kier molecular flexibility index (Phi) is 3.80. The van der Waals surface area contributed by atoms with Gasteiger partial charge in [-0.2, -0.15) is 5.10 Å². The summed E-state index contributed by atoms with van der Waals surface area (Å²) in [6, 6.07) is 1.87. The molecule has 0 unspecified atom stereocenters. The molecule has 0 radical (unpaired) electrons. The molecule has 102 valence electrons. The van der Waals surface area contributed by atoms with E-state index >= 15 is 0 Å². The van der Waals surface area contributed by atoms with Gasteiger partial charge in [-0.15, -0.1) is 0 Å². The molecular formula is C13H20N6. The van der Waals surface area contributed by atoms with Crippen molar-refractivity contribution in [2.24, 2.45) is 12.9 Å². The number of hydrogen-bond acceptors (Lipinski definition) is 5. The summed E-state index contributed by atoms with van der Waals surface area (Å²) in [6.45, 7) is 6.26. The number of aryl methyl sites for hydroxylation is 2. The van der Waals surface area contributed by atoms with Gasteiger partial charge in [-0.05, 0) is 12.3 Å². The molecule has 2 heterocycles. The molecule has 6 heteroatoms. The van der Waals surface area contributed by atoms with Crippen LogP contribution in [0, 0.1) is 0 Å². The summed E-state index contributed by atoms with van der Waals surface area (Å²) in [6.07, 6.45) is 2.79. The Bertz CT molecular complexity index is 573. The topological polar surface area (TPSA) is 81.7 Å². The van der Waals surface area contributed by atoms with E-state index in [1.54, 1.807) is 4.68 Å². The predicted molar refractivity (Wildman–Crippen MR) is 75.5 cm³/mol. The van der Waals surface area contributed by atoms with Gasteiger partial charge in [0.2, 0.25) is 0 Å². The highest BCUT2D eigenvalue weighted by Crippen LogP contribution is 2.24.